The molecule has 0 spiro atoms. The van der Waals surface area contributed by atoms with Gasteiger partial charge in [0.2, 0.25) is 0 Å². The molecule has 0 fully saturated rings. The Morgan fingerprint density at radius 1 is 0.950 bits per heavy atom. The Bertz CT molecular complexity index is 927. The lowest BCUT2D eigenvalue weighted by Crippen LogP contribution is -2.31. The van der Waals surface area contributed by atoms with Crippen molar-refractivity contribution >= 4 is 21.7 Å². The fourth-order valence-electron chi connectivity index (χ4n) is 2.48. The topological polar surface area (TPSA) is 43.6 Å². The minimum absolute atomic E-state index is 0.177. The third-order valence-electron chi connectivity index (χ3n) is 3.43. The SMILES string of the molecule is CO/N=c1/c(=O)n(C)c2ccccc2c2ccccc12. The maximum atomic E-state index is 12.6. The summed E-state index contributed by atoms with van der Waals surface area (Å²) in [6.45, 7) is 0. The van der Waals surface area contributed by atoms with Gasteiger partial charge in [0.25, 0.3) is 5.56 Å². The summed E-state index contributed by atoms with van der Waals surface area (Å²) in [6.07, 6.45) is 0. The van der Waals surface area contributed by atoms with Crippen LogP contribution in [0.2, 0.25) is 0 Å². The average molecular weight is 266 g/mol. The summed E-state index contributed by atoms with van der Waals surface area (Å²) in [5, 5.41) is 7.03. The zero-order chi connectivity index (χ0) is 14.1. The number of hydrogen-bond donors (Lipinski definition) is 0. The van der Waals surface area contributed by atoms with Crippen LogP contribution in [0.1, 0.15) is 0 Å². The Balaban J connectivity index is 2.80. The van der Waals surface area contributed by atoms with E-state index in [1.165, 1.54) is 7.11 Å². The number of nitrogens with zero attached hydrogens (tertiary/aromatic N) is 2. The molecule has 0 aliphatic rings. The quantitative estimate of drug-likeness (QED) is 0.633. The number of aromatic nitrogens is 1. The lowest BCUT2D eigenvalue weighted by molar-refractivity contribution is 0.200. The van der Waals surface area contributed by atoms with Crippen LogP contribution in [0, 0.1) is 0 Å². The Kier molecular flexibility index (Phi) is 2.99. The number of aryl methyl sites for hydroxylation is 1. The van der Waals surface area contributed by atoms with Gasteiger partial charge < -0.3 is 9.40 Å². The summed E-state index contributed by atoms with van der Waals surface area (Å²) >= 11 is 0. The highest BCUT2D eigenvalue weighted by atomic mass is 16.6. The summed E-state index contributed by atoms with van der Waals surface area (Å²) < 4.78 is 1.60. The van der Waals surface area contributed by atoms with Gasteiger partial charge >= 0.3 is 0 Å². The molecule has 2 aromatic carbocycles. The lowest BCUT2D eigenvalue weighted by Gasteiger charge is -1.99. The molecule has 0 saturated carbocycles. The van der Waals surface area contributed by atoms with E-state index >= 15 is 0 Å². The molecule has 1 aromatic heterocycles. The van der Waals surface area contributed by atoms with Crippen molar-refractivity contribution in [2.45, 2.75) is 0 Å². The first kappa shape index (κ1) is 12.4. The molecule has 100 valence electrons. The van der Waals surface area contributed by atoms with Crippen LogP contribution in [0.5, 0.6) is 0 Å². The number of para-hydroxylation sites is 1. The van der Waals surface area contributed by atoms with Gasteiger partial charge in [0.05, 0.1) is 5.52 Å². The molecule has 4 heteroatoms. The molecule has 0 unspecified atom stereocenters. The van der Waals surface area contributed by atoms with Crippen LogP contribution in [-0.4, -0.2) is 11.7 Å². The first-order chi connectivity index (χ1) is 9.74. The zero-order valence-electron chi connectivity index (χ0n) is 11.3. The summed E-state index contributed by atoms with van der Waals surface area (Å²) in [5.41, 5.74) is 0.690. The van der Waals surface area contributed by atoms with Crippen molar-refractivity contribution in [1.29, 1.82) is 0 Å². The standard InChI is InChI=1S/C16H14N2O2/c1-18-14-10-6-5-8-12(14)11-7-3-4-9-13(11)15(16(18)19)17-20-2/h3-10H,1-2H3/b17-15+. The fraction of sp³-hybridized carbons (Fsp3) is 0.125. The first-order valence-electron chi connectivity index (χ1n) is 6.32. The highest BCUT2D eigenvalue weighted by Gasteiger charge is 2.07. The van der Waals surface area contributed by atoms with E-state index in [0.717, 1.165) is 21.7 Å². The van der Waals surface area contributed by atoms with E-state index in [1.807, 2.05) is 48.5 Å². The van der Waals surface area contributed by atoms with Crippen molar-refractivity contribution in [2.24, 2.45) is 12.2 Å². The molecule has 0 bridgehead atoms. The minimum atomic E-state index is -0.177. The normalized spacial score (nSPS) is 12.0. The lowest BCUT2D eigenvalue weighted by atomic mass is 10.1. The van der Waals surface area contributed by atoms with Crippen molar-refractivity contribution in [3.8, 4) is 0 Å². The third-order valence-corrected chi connectivity index (χ3v) is 3.43. The monoisotopic (exact) mass is 266 g/mol. The Morgan fingerprint density at radius 2 is 1.55 bits per heavy atom. The summed E-state index contributed by atoms with van der Waals surface area (Å²) in [7, 11) is 3.19. The number of benzene rings is 2. The Labute approximate surface area is 115 Å². The van der Waals surface area contributed by atoms with E-state index in [9.17, 15) is 4.79 Å². The molecular formula is C16H14N2O2. The van der Waals surface area contributed by atoms with Gasteiger partial charge in [-0.1, -0.05) is 47.6 Å². The van der Waals surface area contributed by atoms with Crippen molar-refractivity contribution in [2.75, 3.05) is 7.11 Å². The molecule has 0 aliphatic carbocycles. The van der Waals surface area contributed by atoms with Crippen molar-refractivity contribution in [1.82, 2.24) is 4.57 Å². The largest absolute Gasteiger partial charge is 0.398 e. The number of rotatable bonds is 1. The van der Waals surface area contributed by atoms with Crippen LogP contribution in [0.3, 0.4) is 0 Å². The molecule has 0 saturated heterocycles. The molecule has 0 aliphatic heterocycles. The Morgan fingerprint density at radius 3 is 2.25 bits per heavy atom. The molecule has 20 heavy (non-hydrogen) atoms. The highest BCUT2D eigenvalue weighted by molar-refractivity contribution is 6.04. The molecule has 0 N–H and O–H groups in total. The van der Waals surface area contributed by atoms with Crippen LogP contribution in [0.15, 0.2) is 58.5 Å². The maximum Gasteiger partial charge on any atom is 0.280 e. The van der Waals surface area contributed by atoms with Gasteiger partial charge in [-0.2, -0.15) is 0 Å². The second-order valence-electron chi connectivity index (χ2n) is 4.55. The summed E-state index contributed by atoms with van der Waals surface area (Å²) in [5.74, 6) is 0. The number of hydrogen-bond acceptors (Lipinski definition) is 3. The molecule has 3 aromatic rings. The second-order valence-corrected chi connectivity index (χ2v) is 4.55. The van der Waals surface area contributed by atoms with Gasteiger partial charge in [-0.3, -0.25) is 4.79 Å². The minimum Gasteiger partial charge on any atom is -0.398 e. The van der Waals surface area contributed by atoms with Crippen LogP contribution < -0.4 is 10.9 Å². The molecule has 0 atom stereocenters. The van der Waals surface area contributed by atoms with E-state index in [2.05, 4.69) is 5.16 Å². The van der Waals surface area contributed by atoms with Crippen molar-refractivity contribution in [3.05, 3.63) is 64.2 Å². The fourth-order valence-corrected chi connectivity index (χ4v) is 2.48. The van der Waals surface area contributed by atoms with Crippen LogP contribution in [0.25, 0.3) is 21.7 Å². The zero-order valence-corrected chi connectivity index (χ0v) is 11.3. The maximum absolute atomic E-state index is 12.6. The molecule has 0 amide bonds. The van der Waals surface area contributed by atoms with Gasteiger partial charge in [-0.15, -0.1) is 0 Å². The summed E-state index contributed by atoms with van der Waals surface area (Å²) in [6, 6.07) is 15.6. The van der Waals surface area contributed by atoms with Crippen LogP contribution >= 0.6 is 0 Å². The third kappa shape index (κ3) is 1.77. The van der Waals surface area contributed by atoms with Crippen LogP contribution in [0.4, 0.5) is 0 Å². The molecule has 1 heterocycles. The smallest absolute Gasteiger partial charge is 0.280 e. The van der Waals surface area contributed by atoms with E-state index in [-0.39, 0.29) is 5.56 Å². The molecule has 4 nitrogen and oxygen atoms in total. The van der Waals surface area contributed by atoms with E-state index in [4.69, 9.17) is 4.84 Å². The number of fused-ring (bicyclic) bond motifs is 3. The van der Waals surface area contributed by atoms with Gasteiger partial charge in [0, 0.05) is 17.8 Å². The van der Waals surface area contributed by atoms with Gasteiger partial charge in [-0.05, 0) is 11.5 Å². The van der Waals surface area contributed by atoms with Gasteiger partial charge in [0.15, 0.2) is 5.36 Å². The predicted molar refractivity (Wildman–Crippen MR) is 79.3 cm³/mol. The van der Waals surface area contributed by atoms with E-state index in [0.29, 0.717) is 5.36 Å². The first-order valence-corrected chi connectivity index (χ1v) is 6.32. The van der Waals surface area contributed by atoms with Crippen molar-refractivity contribution in [3.63, 3.8) is 0 Å². The molecular weight excluding hydrogens is 252 g/mol. The summed E-state index contributed by atoms with van der Waals surface area (Å²) in [4.78, 5) is 17.4. The van der Waals surface area contributed by atoms with E-state index in [1.54, 1.807) is 11.6 Å². The van der Waals surface area contributed by atoms with Gasteiger partial charge in [-0.25, -0.2) is 0 Å². The molecule has 0 radical (unpaired) electrons. The Hall–Kier alpha value is -2.62. The average Bonchev–Trinajstić information content (AvgIpc) is 2.58. The highest BCUT2D eigenvalue weighted by Crippen LogP contribution is 2.19. The van der Waals surface area contributed by atoms with Crippen LogP contribution in [-0.2, 0) is 11.9 Å². The van der Waals surface area contributed by atoms with Gasteiger partial charge in [0.1, 0.15) is 7.11 Å². The predicted octanol–water partition coefficient (Wildman–Crippen LogP) is 2.15. The van der Waals surface area contributed by atoms with Crippen molar-refractivity contribution < 1.29 is 4.84 Å². The molecule has 3 rings (SSSR count). The second kappa shape index (κ2) is 4.81. The van der Waals surface area contributed by atoms with E-state index < -0.39 is 0 Å².